The number of hydrogen-bond donors (Lipinski definition) is 1. The Bertz CT molecular complexity index is 457. The Hall–Kier alpha value is -1.17. The number of aryl methyl sites for hydroxylation is 1. The molecule has 1 aromatic carbocycles. The van der Waals surface area contributed by atoms with Gasteiger partial charge in [0.15, 0.2) is 9.84 Å². The number of halogens is 2. The highest BCUT2D eigenvalue weighted by molar-refractivity contribution is 7.91. The van der Waals surface area contributed by atoms with Crippen LogP contribution in [0, 0.1) is 6.92 Å². The molecular weight excluding hydrogens is 224 g/mol. The van der Waals surface area contributed by atoms with Crippen molar-refractivity contribution in [3.63, 3.8) is 0 Å². The first-order valence-corrected chi connectivity index (χ1v) is 5.85. The van der Waals surface area contributed by atoms with Gasteiger partial charge in [-0.2, -0.15) is 0 Å². The van der Waals surface area contributed by atoms with Crippen molar-refractivity contribution in [3.8, 4) is 0 Å². The van der Waals surface area contributed by atoms with Crippen LogP contribution in [0.2, 0.25) is 0 Å². The van der Waals surface area contributed by atoms with Crippen LogP contribution in [0.5, 0.6) is 0 Å². The van der Waals surface area contributed by atoms with E-state index in [4.69, 9.17) is 5.73 Å². The van der Waals surface area contributed by atoms with Gasteiger partial charge in [0.2, 0.25) is 0 Å². The molecule has 0 saturated heterocycles. The highest BCUT2D eigenvalue weighted by atomic mass is 32.2. The van der Waals surface area contributed by atoms with E-state index in [1.165, 1.54) is 18.2 Å². The molecule has 0 radical (unpaired) electrons. The number of sulfone groups is 1. The molecule has 0 atom stereocenters. The van der Waals surface area contributed by atoms with Gasteiger partial charge < -0.3 is 5.73 Å². The number of alkyl halides is 2. The Balaban J connectivity index is 3.11. The fraction of sp³-hybridized carbons (Fsp3) is 0.333. The molecule has 3 nitrogen and oxygen atoms in total. The number of anilines is 1. The summed E-state index contributed by atoms with van der Waals surface area (Å²) in [5.41, 5.74) is 6.49. The standard InChI is InChI=1S/C9H11F2NO2S/c1-6-4-7(2-3-8(6)12)15(13,14)5-9(10)11/h2-4,9H,5,12H2,1H3. The molecule has 0 heterocycles. The minimum absolute atomic E-state index is 0.116. The highest BCUT2D eigenvalue weighted by Crippen LogP contribution is 2.19. The van der Waals surface area contributed by atoms with Crippen molar-refractivity contribution < 1.29 is 17.2 Å². The van der Waals surface area contributed by atoms with Gasteiger partial charge in [0.1, 0.15) is 5.75 Å². The maximum absolute atomic E-state index is 12.0. The maximum atomic E-state index is 12.0. The molecule has 0 fully saturated rings. The number of hydrogen-bond acceptors (Lipinski definition) is 3. The zero-order valence-corrected chi connectivity index (χ0v) is 8.89. The van der Waals surface area contributed by atoms with Gasteiger partial charge >= 0.3 is 0 Å². The van der Waals surface area contributed by atoms with Crippen LogP contribution in [0.25, 0.3) is 0 Å². The highest BCUT2D eigenvalue weighted by Gasteiger charge is 2.20. The summed E-state index contributed by atoms with van der Waals surface area (Å²) in [7, 11) is -3.90. The van der Waals surface area contributed by atoms with Crippen molar-refractivity contribution >= 4 is 15.5 Å². The second kappa shape index (κ2) is 4.14. The first-order chi connectivity index (χ1) is 6.83. The third-order valence-corrected chi connectivity index (χ3v) is 3.61. The van der Waals surface area contributed by atoms with E-state index in [0.29, 0.717) is 11.3 Å². The lowest BCUT2D eigenvalue weighted by Gasteiger charge is -2.06. The molecule has 0 aromatic heterocycles. The van der Waals surface area contributed by atoms with Gasteiger partial charge in [-0.25, -0.2) is 17.2 Å². The first kappa shape index (κ1) is 11.9. The lowest BCUT2D eigenvalue weighted by molar-refractivity contribution is 0.174. The van der Waals surface area contributed by atoms with Crippen LogP contribution >= 0.6 is 0 Å². The summed E-state index contributed by atoms with van der Waals surface area (Å²) in [5.74, 6) is -1.16. The van der Waals surface area contributed by atoms with E-state index in [1.807, 2.05) is 0 Å². The van der Waals surface area contributed by atoms with Crippen molar-refractivity contribution in [2.75, 3.05) is 11.5 Å². The topological polar surface area (TPSA) is 60.2 Å². The summed E-state index contributed by atoms with van der Waals surface area (Å²) in [5, 5.41) is 0. The number of benzene rings is 1. The molecule has 0 spiro atoms. The lowest BCUT2D eigenvalue weighted by Crippen LogP contribution is -2.13. The predicted octanol–water partition coefficient (Wildman–Crippen LogP) is 1.62. The molecule has 0 amide bonds. The summed E-state index contributed by atoms with van der Waals surface area (Å²) in [6.07, 6.45) is -2.87. The summed E-state index contributed by atoms with van der Waals surface area (Å²) in [6, 6.07) is 3.93. The molecule has 1 rings (SSSR count). The largest absolute Gasteiger partial charge is 0.399 e. The smallest absolute Gasteiger partial charge is 0.252 e. The van der Waals surface area contributed by atoms with Gasteiger partial charge in [-0.05, 0) is 30.7 Å². The predicted molar refractivity (Wildman–Crippen MR) is 53.6 cm³/mol. The molecule has 0 aliphatic carbocycles. The second-order valence-electron chi connectivity index (χ2n) is 3.19. The summed E-state index contributed by atoms with van der Waals surface area (Å²) in [4.78, 5) is -0.116. The molecule has 6 heteroatoms. The summed E-state index contributed by atoms with van der Waals surface area (Å²) < 4.78 is 46.8. The third-order valence-electron chi connectivity index (χ3n) is 1.95. The van der Waals surface area contributed by atoms with Crippen molar-refractivity contribution in [2.24, 2.45) is 0 Å². The van der Waals surface area contributed by atoms with Gasteiger partial charge in [-0.15, -0.1) is 0 Å². The van der Waals surface area contributed by atoms with Crippen LogP contribution in [0.1, 0.15) is 5.56 Å². The third kappa shape index (κ3) is 2.89. The monoisotopic (exact) mass is 235 g/mol. The molecule has 2 N–H and O–H groups in total. The van der Waals surface area contributed by atoms with Crippen molar-refractivity contribution in [1.29, 1.82) is 0 Å². The Kier molecular flexibility index (Phi) is 3.28. The maximum Gasteiger partial charge on any atom is 0.252 e. The molecular formula is C9H11F2NO2S. The number of rotatable bonds is 3. The van der Waals surface area contributed by atoms with E-state index in [0.717, 1.165) is 0 Å². The van der Waals surface area contributed by atoms with Gasteiger partial charge in [0.05, 0.1) is 4.90 Å². The Labute approximate surface area is 86.8 Å². The fourth-order valence-electron chi connectivity index (χ4n) is 1.10. The fourth-order valence-corrected chi connectivity index (χ4v) is 2.26. The molecule has 0 unspecified atom stereocenters. The molecule has 0 bridgehead atoms. The van der Waals surface area contributed by atoms with Gasteiger partial charge in [-0.3, -0.25) is 0 Å². The minimum atomic E-state index is -3.90. The van der Waals surface area contributed by atoms with Crippen LogP contribution in [-0.4, -0.2) is 20.6 Å². The van der Waals surface area contributed by atoms with Crippen LogP contribution in [0.15, 0.2) is 23.1 Å². The quantitative estimate of drug-likeness (QED) is 0.810. The van der Waals surface area contributed by atoms with Gasteiger partial charge in [-0.1, -0.05) is 0 Å². The zero-order chi connectivity index (χ0) is 11.6. The molecule has 15 heavy (non-hydrogen) atoms. The number of nitrogen functional groups attached to an aromatic ring is 1. The van der Waals surface area contributed by atoms with Crippen molar-refractivity contribution in [1.82, 2.24) is 0 Å². The van der Waals surface area contributed by atoms with Crippen LogP contribution in [-0.2, 0) is 9.84 Å². The summed E-state index contributed by atoms with van der Waals surface area (Å²) in [6.45, 7) is 1.62. The Morgan fingerprint density at radius 3 is 2.47 bits per heavy atom. The van der Waals surface area contributed by atoms with Crippen molar-refractivity contribution in [3.05, 3.63) is 23.8 Å². The second-order valence-corrected chi connectivity index (χ2v) is 5.23. The van der Waals surface area contributed by atoms with E-state index in [-0.39, 0.29) is 4.90 Å². The van der Waals surface area contributed by atoms with E-state index in [1.54, 1.807) is 6.92 Å². The van der Waals surface area contributed by atoms with Gasteiger partial charge in [0, 0.05) is 5.69 Å². The van der Waals surface area contributed by atoms with Crippen LogP contribution in [0.3, 0.4) is 0 Å². The Morgan fingerprint density at radius 2 is 2.00 bits per heavy atom. The van der Waals surface area contributed by atoms with E-state index in [9.17, 15) is 17.2 Å². The summed E-state index contributed by atoms with van der Waals surface area (Å²) >= 11 is 0. The SMILES string of the molecule is Cc1cc(S(=O)(=O)CC(F)F)ccc1N. The van der Waals surface area contributed by atoms with E-state index in [2.05, 4.69) is 0 Å². The average Bonchev–Trinajstić information content (AvgIpc) is 2.07. The van der Waals surface area contributed by atoms with E-state index < -0.39 is 22.0 Å². The van der Waals surface area contributed by atoms with Gasteiger partial charge in [0.25, 0.3) is 6.43 Å². The molecule has 0 saturated carbocycles. The molecule has 84 valence electrons. The molecule has 0 aliphatic rings. The zero-order valence-electron chi connectivity index (χ0n) is 8.07. The van der Waals surface area contributed by atoms with E-state index >= 15 is 0 Å². The van der Waals surface area contributed by atoms with Crippen molar-refractivity contribution in [2.45, 2.75) is 18.2 Å². The average molecular weight is 235 g/mol. The minimum Gasteiger partial charge on any atom is -0.399 e. The lowest BCUT2D eigenvalue weighted by atomic mass is 10.2. The normalized spacial score (nSPS) is 12.0. The first-order valence-electron chi connectivity index (χ1n) is 4.20. The number of nitrogens with two attached hydrogens (primary N) is 1. The Morgan fingerprint density at radius 1 is 1.40 bits per heavy atom. The van der Waals surface area contributed by atoms with Crippen LogP contribution < -0.4 is 5.73 Å². The molecule has 0 aliphatic heterocycles. The molecule has 1 aromatic rings. The van der Waals surface area contributed by atoms with Crippen LogP contribution in [0.4, 0.5) is 14.5 Å².